The molecule has 0 N–H and O–H groups in total. The fourth-order valence-electron chi connectivity index (χ4n) is 4.39. The molecule has 0 unspecified atom stereocenters. The quantitative estimate of drug-likeness (QED) is 0.255. The van der Waals surface area contributed by atoms with Crippen molar-refractivity contribution in [3.05, 3.63) is 11.1 Å². The summed E-state index contributed by atoms with van der Waals surface area (Å²) >= 11 is 0. The van der Waals surface area contributed by atoms with Crippen LogP contribution in [0.2, 0.25) is 0 Å². The van der Waals surface area contributed by atoms with E-state index >= 15 is 0 Å². The fraction of sp³-hybridized carbons (Fsp3) is 0.880. The number of allylic oxidation sites excluding steroid dienone is 2. The van der Waals surface area contributed by atoms with Gasteiger partial charge < -0.3 is 4.74 Å². The summed E-state index contributed by atoms with van der Waals surface area (Å²) in [4.78, 5) is 12.0. The first-order valence-electron chi connectivity index (χ1n) is 13.0. The number of rotatable bonds is 16. The van der Waals surface area contributed by atoms with Crippen LogP contribution in [0.3, 0.4) is 0 Å². The Labute approximate surface area is 173 Å². The van der Waals surface area contributed by atoms with Crippen LogP contribution in [0.25, 0.3) is 0 Å². The minimum atomic E-state index is -2.23. The highest BCUT2D eigenvalue weighted by Gasteiger charge is 2.31. The van der Waals surface area contributed by atoms with Gasteiger partial charge in [-0.2, -0.15) is 0 Å². The van der Waals surface area contributed by atoms with E-state index in [2.05, 4.69) is 13.8 Å². The van der Waals surface area contributed by atoms with Gasteiger partial charge in [0.15, 0.2) is 5.78 Å². The van der Waals surface area contributed by atoms with E-state index in [1.165, 1.54) is 76.2 Å². The monoisotopic (exact) mass is 381 g/mol. The van der Waals surface area contributed by atoms with Crippen molar-refractivity contribution in [1.82, 2.24) is 0 Å². The molecule has 1 aliphatic rings. The van der Waals surface area contributed by atoms with E-state index in [1.807, 2.05) is 6.92 Å². The SMILES string of the molecule is [2H]C([2H])([2H])OCCCCCCCCCCCCCCCC1=C(C)C(=O)CCC1(C)C. The Bertz CT molecular complexity index is 521. The third kappa shape index (κ3) is 10.5. The number of carbonyl (C=O) groups is 1. The van der Waals surface area contributed by atoms with Crippen LogP contribution < -0.4 is 0 Å². The predicted molar refractivity (Wildman–Crippen MR) is 117 cm³/mol. The lowest BCUT2D eigenvalue weighted by atomic mass is 9.70. The molecule has 1 aliphatic carbocycles. The van der Waals surface area contributed by atoms with Gasteiger partial charge in [-0.3, -0.25) is 4.79 Å². The molecule has 0 aromatic heterocycles. The highest BCUT2D eigenvalue weighted by molar-refractivity contribution is 5.96. The number of Topliss-reactive ketones (excluding diaryl/α,β-unsaturated/α-hetero) is 1. The van der Waals surface area contributed by atoms with Gasteiger partial charge in [0.25, 0.3) is 0 Å². The minimum Gasteiger partial charge on any atom is -0.385 e. The maximum Gasteiger partial charge on any atom is 0.158 e. The highest BCUT2D eigenvalue weighted by atomic mass is 16.5. The Morgan fingerprint density at radius 3 is 1.85 bits per heavy atom. The van der Waals surface area contributed by atoms with E-state index in [9.17, 15) is 4.79 Å². The third-order valence-corrected chi connectivity index (χ3v) is 6.34. The maximum atomic E-state index is 12.0. The Hall–Kier alpha value is -0.630. The van der Waals surface area contributed by atoms with Gasteiger partial charge in [0.05, 0.1) is 4.11 Å². The van der Waals surface area contributed by atoms with Crippen LogP contribution in [-0.4, -0.2) is 19.4 Å². The minimum absolute atomic E-state index is 0.212. The second-order valence-electron chi connectivity index (χ2n) is 9.11. The second kappa shape index (κ2) is 14.4. The standard InChI is InChI=1S/C25H46O2/c1-22-23(25(2,3)20-19-24(22)26)18-16-14-12-10-8-6-5-7-9-11-13-15-17-21-27-4/h5-21H2,1-4H3/i4D3. The van der Waals surface area contributed by atoms with Gasteiger partial charge in [-0.05, 0) is 43.6 Å². The number of carbonyl (C=O) groups excluding carboxylic acids is 1. The molecular formula is C25H46O2. The molecule has 0 fully saturated rings. The number of ketones is 1. The first-order valence-corrected chi connectivity index (χ1v) is 11.5. The summed E-state index contributed by atoms with van der Waals surface area (Å²) in [7, 11) is -2.23. The van der Waals surface area contributed by atoms with E-state index in [0.29, 0.717) is 12.4 Å². The van der Waals surface area contributed by atoms with Gasteiger partial charge in [-0.1, -0.05) is 90.0 Å². The van der Waals surface area contributed by atoms with Crippen molar-refractivity contribution in [1.29, 1.82) is 0 Å². The lowest BCUT2D eigenvalue weighted by Gasteiger charge is -2.34. The molecule has 0 amide bonds. The summed E-state index contributed by atoms with van der Waals surface area (Å²) in [6.45, 7) is 6.98. The molecule has 27 heavy (non-hydrogen) atoms. The number of ether oxygens (including phenoxy) is 1. The van der Waals surface area contributed by atoms with Gasteiger partial charge in [0, 0.05) is 20.1 Å². The van der Waals surface area contributed by atoms with Gasteiger partial charge >= 0.3 is 0 Å². The summed E-state index contributed by atoms with van der Waals surface area (Å²) < 4.78 is 25.7. The van der Waals surface area contributed by atoms with E-state index in [-0.39, 0.29) is 5.41 Å². The van der Waals surface area contributed by atoms with Gasteiger partial charge in [0.2, 0.25) is 0 Å². The van der Waals surface area contributed by atoms with Crippen molar-refractivity contribution in [2.24, 2.45) is 5.41 Å². The topological polar surface area (TPSA) is 26.3 Å². The lowest BCUT2D eigenvalue weighted by Crippen LogP contribution is -2.25. The molecule has 0 aromatic carbocycles. The third-order valence-electron chi connectivity index (χ3n) is 6.34. The summed E-state index contributed by atoms with van der Waals surface area (Å²) in [5.41, 5.74) is 2.68. The van der Waals surface area contributed by atoms with Gasteiger partial charge in [-0.15, -0.1) is 0 Å². The van der Waals surface area contributed by atoms with Crippen LogP contribution in [0.1, 0.15) is 128 Å². The first kappa shape index (κ1) is 19.7. The molecule has 2 heteroatoms. The Kier molecular flexibility index (Phi) is 10.5. The Balaban J connectivity index is 1.89. The van der Waals surface area contributed by atoms with Crippen LogP contribution in [0, 0.1) is 5.41 Å². The van der Waals surface area contributed by atoms with E-state index in [4.69, 9.17) is 8.85 Å². The van der Waals surface area contributed by atoms with Crippen molar-refractivity contribution < 1.29 is 13.6 Å². The summed E-state index contributed by atoms with van der Waals surface area (Å²) in [5, 5.41) is 0. The van der Waals surface area contributed by atoms with Crippen LogP contribution in [0.5, 0.6) is 0 Å². The molecule has 0 spiro atoms. The molecule has 0 heterocycles. The lowest BCUT2D eigenvalue weighted by molar-refractivity contribution is -0.116. The van der Waals surface area contributed by atoms with Gasteiger partial charge in [0.1, 0.15) is 0 Å². The first-order chi connectivity index (χ1) is 14.1. The number of hydrogen-bond acceptors (Lipinski definition) is 2. The van der Waals surface area contributed by atoms with Crippen molar-refractivity contribution in [3.8, 4) is 0 Å². The zero-order chi connectivity index (χ0) is 22.5. The van der Waals surface area contributed by atoms with Crippen molar-refractivity contribution in [3.63, 3.8) is 0 Å². The molecule has 0 atom stereocenters. The maximum absolute atomic E-state index is 12.0. The Morgan fingerprint density at radius 2 is 1.33 bits per heavy atom. The zero-order valence-corrected chi connectivity index (χ0v) is 18.3. The predicted octanol–water partition coefficient (Wildman–Crippen LogP) is 7.80. The molecular weight excluding hydrogens is 332 g/mol. The smallest absolute Gasteiger partial charge is 0.158 e. The average molecular weight is 382 g/mol. The zero-order valence-electron chi connectivity index (χ0n) is 21.3. The molecule has 0 aliphatic heterocycles. The van der Waals surface area contributed by atoms with Crippen molar-refractivity contribution in [2.45, 2.75) is 124 Å². The van der Waals surface area contributed by atoms with Crippen LogP contribution >= 0.6 is 0 Å². The summed E-state index contributed by atoms with van der Waals surface area (Å²) in [6, 6.07) is 0. The number of unbranched alkanes of at least 4 members (excludes halogenated alkanes) is 12. The number of hydrogen-bond donors (Lipinski definition) is 0. The average Bonchev–Trinajstić information content (AvgIpc) is 2.66. The highest BCUT2D eigenvalue weighted by Crippen LogP contribution is 2.41. The van der Waals surface area contributed by atoms with Crippen molar-refractivity contribution in [2.75, 3.05) is 13.6 Å². The van der Waals surface area contributed by atoms with E-state index in [1.54, 1.807) is 0 Å². The van der Waals surface area contributed by atoms with Crippen LogP contribution in [-0.2, 0) is 9.53 Å². The molecule has 0 saturated carbocycles. The van der Waals surface area contributed by atoms with E-state index in [0.717, 1.165) is 37.7 Å². The number of methoxy groups -OCH3 is 1. The summed E-state index contributed by atoms with van der Waals surface area (Å²) in [6.07, 6.45) is 19.0. The molecule has 2 nitrogen and oxygen atoms in total. The van der Waals surface area contributed by atoms with Crippen LogP contribution in [0.4, 0.5) is 0 Å². The largest absolute Gasteiger partial charge is 0.385 e. The molecule has 0 radical (unpaired) electrons. The molecule has 0 aromatic rings. The van der Waals surface area contributed by atoms with Gasteiger partial charge in [-0.25, -0.2) is 0 Å². The fourth-order valence-corrected chi connectivity index (χ4v) is 4.39. The molecule has 1 rings (SSSR count). The van der Waals surface area contributed by atoms with E-state index < -0.39 is 7.04 Å². The Morgan fingerprint density at radius 1 is 0.852 bits per heavy atom. The second-order valence-corrected chi connectivity index (χ2v) is 9.11. The molecule has 0 saturated heterocycles. The summed E-state index contributed by atoms with van der Waals surface area (Å²) in [5.74, 6) is 0.367. The molecule has 0 bridgehead atoms. The van der Waals surface area contributed by atoms with Crippen molar-refractivity contribution >= 4 is 5.78 Å². The van der Waals surface area contributed by atoms with Crippen LogP contribution in [0.15, 0.2) is 11.1 Å². The normalized spacial score (nSPS) is 19.1. The molecule has 158 valence electrons.